The van der Waals surface area contributed by atoms with Gasteiger partial charge in [0, 0.05) is 17.4 Å². The zero-order chi connectivity index (χ0) is 14.8. The van der Waals surface area contributed by atoms with Gasteiger partial charge in [-0.05, 0) is 61.5 Å². The molecule has 0 saturated heterocycles. The Kier molecular flexibility index (Phi) is 3.80. The van der Waals surface area contributed by atoms with Gasteiger partial charge in [0.15, 0.2) is 5.11 Å². The number of nitrogens with one attached hydrogen (secondary N) is 1. The third-order valence-corrected chi connectivity index (χ3v) is 4.07. The summed E-state index contributed by atoms with van der Waals surface area (Å²) in [5.74, 6) is 0.839. The highest BCUT2D eigenvalue weighted by Gasteiger charge is 2.28. The first-order valence-corrected chi connectivity index (χ1v) is 7.42. The number of hydrogen-bond donors (Lipinski definition) is 1. The summed E-state index contributed by atoms with van der Waals surface area (Å²) in [7, 11) is 1.66. The number of ether oxygens (including phenoxy) is 1. The highest BCUT2D eigenvalue weighted by molar-refractivity contribution is 7.80. The Bertz CT molecular complexity index is 654. The average molecular weight is 298 g/mol. The topological polar surface area (TPSA) is 24.5 Å². The number of anilines is 2. The minimum Gasteiger partial charge on any atom is -0.497 e. The summed E-state index contributed by atoms with van der Waals surface area (Å²) in [5, 5.41) is 4.04. The largest absolute Gasteiger partial charge is 0.497 e. The molecule has 108 valence electrons. The van der Waals surface area contributed by atoms with Crippen LogP contribution in [0.4, 0.5) is 11.4 Å². The molecule has 1 aliphatic heterocycles. The molecule has 4 heteroatoms. The van der Waals surface area contributed by atoms with Crippen LogP contribution in [0.15, 0.2) is 48.5 Å². The van der Waals surface area contributed by atoms with Gasteiger partial charge in [-0.3, -0.25) is 0 Å². The second kappa shape index (κ2) is 5.74. The molecule has 3 rings (SSSR count). The lowest BCUT2D eigenvalue weighted by Crippen LogP contribution is -2.38. The summed E-state index contributed by atoms with van der Waals surface area (Å²) in [6, 6.07) is 16.6. The van der Waals surface area contributed by atoms with Crippen LogP contribution < -0.4 is 15.0 Å². The molecule has 0 aliphatic carbocycles. The van der Waals surface area contributed by atoms with Gasteiger partial charge in [-0.1, -0.05) is 18.2 Å². The van der Waals surface area contributed by atoms with Gasteiger partial charge in [0.25, 0.3) is 0 Å². The third-order valence-electron chi connectivity index (χ3n) is 3.77. The number of rotatable bonds is 2. The van der Waals surface area contributed by atoms with Gasteiger partial charge < -0.3 is 15.0 Å². The summed E-state index contributed by atoms with van der Waals surface area (Å²) < 4.78 is 5.17. The molecule has 0 fully saturated rings. The van der Waals surface area contributed by atoms with Gasteiger partial charge in [0.1, 0.15) is 5.75 Å². The zero-order valence-electron chi connectivity index (χ0n) is 12.2. The molecule has 0 unspecified atom stereocenters. The fraction of sp³-hybridized carbons (Fsp3) is 0.235. The van der Waals surface area contributed by atoms with Crippen molar-refractivity contribution in [2.75, 3.05) is 17.3 Å². The van der Waals surface area contributed by atoms with Crippen LogP contribution in [-0.2, 0) is 6.42 Å². The molecular weight excluding hydrogens is 280 g/mol. The van der Waals surface area contributed by atoms with Crippen LogP contribution in [0.1, 0.15) is 12.5 Å². The van der Waals surface area contributed by atoms with Crippen molar-refractivity contribution in [2.45, 2.75) is 19.4 Å². The maximum Gasteiger partial charge on any atom is 0.178 e. The standard InChI is InChI=1S/C17H18N2OS/c1-12-11-13-5-3-4-6-16(13)19(12)17(21)18-14-7-9-15(20-2)10-8-14/h3-10,12H,11H2,1-2H3,(H,18,21)/t12-/m0/s1. The van der Waals surface area contributed by atoms with Crippen LogP contribution in [0.3, 0.4) is 0 Å². The minimum atomic E-state index is 0.376. The fourth-order valence-corrected chi connectivity index (χ4v) is 3.13. The maximum absolute atomic E-state index is 5.59. The Morgan fingerprint density at radius 1 is 1.19 bits per heavy atom. The number of hydrogen-bond acceptors (Lipinski definition) is 2. The van der Waals surface area contributed by atoms with E-state index in [0.29, 0.717) is 6.04 Å². The SMILES string of the molecule is COc1ccc(NC(=S)N2c3ccccc3C[C@@H]2C)cc1. The van der Waals surface area contributed by atoms with Crippen molar-refractivity contribution in [3.05, 3.63) is 54.1 Å². The van der Waals surface area contributed by atoms with Crippen molar-refractivity contribution in [1.82, 2.24) is 0 Å². The Hall–Kier alpha value is -2.07. The van der Waals surface area contributed by atoms with Gasteiger partial charge in [-0.2, -0.15) is 0 Å². The Balaban J connectivity index is 1.79. The van der Waals surface area contributed by atoms with E-state index in [1.165, 1.54) is 11.3 Å². The number of thiocarbonyl (C=S) groups is 1. The molecule has 1 heterocycles. The van der Waals surface area contributed by atoms with Crippen LogP contribution in [0.2, 0.25) is 0 Å². The van der Waals surface area contributed by atoms with Crippen molar-refractivity contribution in [3.63, 3.8) is 0 Å². The van der Waals surface area contributed by atoms with Crippen LogP contribution >= 0.6 is 12.2 Å². The summed E-state index contributed by atoms with van der Waals surface area (Å²) in [5.41, 5.74) is 3.53. The van der Waals surface area contributed by atoms with Crippen molar-refractivity contribution in [2.24, 2.45) is 0 Å². The van der Waals surface area contributed by atoms with Crippen molar-refractivity contribution < 1.29 is 4.74 Å². The van der Waals surface area contributed by atoms with Gasteiger partial charge >= 0.3 is 0 Å². The molecule has 0 radical (unpaired) electrons. The van der Waals surface area contributed by atoms with Gasteiger partial charge in [-0.25, -0.2) is 0 Å². The molecule has 0 spiro atoms. The van der Waals surface area contributed by atoms with Crippen LogP contribution in [0, 0.1) is 0 Å². The molecule has 0 bridgehead atoms. The zero-order valence-corrected chi connectivity index (χ0v) is 13.0. The van der Waals surface area contributed by atoms with E-state index in [2.05, 4.69) is 41.4 Å². The van der Waals surface area contributed by atoms with Crippen LogP contribution in [0.5, 0.6) is 5.75 Å². The normalized spacial score (nSPS) is 16.5. The van der Waals surface area contributed by atoms with E-state index >= 15 is 0 Å². The minimum absolute atomic E-state index is 0.376. The van der Waals surface area contributed by atoms with E-state index in [9.17, 15) is 0 Å². The lowest BCUT2D eigenvalue weighted by molar-refractivity contribution is 0.415. The molecule has 2 aromatic carbocycles. The van der Waals surface area contributed by atoms with Gasteiger partial charge in [0.2, 0.25) is 0 Å². The highest BCUT2D eigenvalue weighted by atomic mass is 32.1. The molecular formula is C17H18N2OS. The second-order valence-corrected chi connectivity index (χ2v) is 5.60. The number of methoxy groups -OCH3 is 1. The van der Waals surface area contributed by atoms with Gasteiger partial charge in [0.05, 0.1) is 7.11 Å². The molecule has 3 nitrogen and oxygen atoms in total. The average Bonchev–Trinajstić information content (AvgIpc) is 2.83. The summed E-state index contributed by atoms with van der Waals surface area (Å²) in [4.78, 5) is 2.19. The van der Waals surface area contributed by atoms with Crippen molar-refractivity contribution in [3.8, 4) is 5.75 Å². The number of para-hydroxylation sites is 1. The van der Waals surface area contributed by atoms with E-state index < -0.39 is 0 Å². The van der Waals surface area contributed by atoms with Crippen molar-refractivity contribution >= 4 is 28.7 Å². The van der Waals surface area contributed by atoms with Crippen LogP contribution in [0.25, 0.3) is 0 Å². The first kappa shape index (κ1) is 13.9. The Morgan fingerprint density at radius 3 is 2.62 bits per heavy atom. The number of nitrogens with zero attached hydrogens (tertiary/aromatic N) is 1. The lowest BCUT2D eigenvalue weighted by Gasteiger charge is -2.26. The monoisotopic (exact) mass is 298 g/mol. The predicted molar refractivity (Wildman–Crippen MR) is 91.3 cm³/mol. The Morgan fingerprint density at radius 2 is 1.90 bits per heavy atom. The van der Waals surface area contributed by atoms with Crippen LogP contribution in [-0.4, -0.2) is 18.3 Å². The number of fused-ring (bicyclic) bond motifs is 1. The first-order valence-electron chi connectivity index (χ1n) is 7.01. The molecule has 0 amide bonds. The number of benzene rings is 2. The summed E-state index contributed by atoms with van der Waals surface area (Å²) in [6.45, 7) is 2.20. The first-order chi connectivity index (χ1) is 10.2. The molecule has 0 saturated carbocycles. The van der Waals surface area contributed by atoms with E-state index in [-0.39, 0.29) is 0 Å². The highest BCUT2D eigenvalue weighted by Crippen LogP contribution is 2.32. The molecule has 2 aromatic rings. The third kappa shape index (κ3) is 2.72. The van der Waals surface area contributed by atoms with E-state index in [1.54, 1.807) is 7.11 Å². The smallest absolute Gasteiger partial charge is 0.178 e. The molecule has 1 aliphatic rings. The predicted octanol–water partition coefficient (Wildman–Crippen LogP) is 3.84. The fourth-order valence-electron chi connectivity index (χ4n) is 2.73. The van der Waals surface area contributed by atoms with Crippen molar-refractivity contribution in [1.29, 1.82) is 0 Å². The quantitative estimate of drug-likeness (QED) is 0.851. The molecule has 21 heavy (non-hydrogen) atoms. The summed E-state index contributed by atoms with van der Waals surface area (Å²) in [6.07, 6.45) is 1.03. The second-order valence-electron chi connectivity index (χ2n) is 5.21. The van der Waals surface area contributed by atoms with E-state index in [1.807, 2.05) is 24.3 Å². The maximum atomic E-state index is 5.59. The molecule has 1 atom stereocenters. The molecule has 0 aromatic heterocycles. The lowest BCUT2D eigenvalue weighted by atomic mass is 10.1. The molecule has 1 N–H and O–H groups in total. The summed E-state index contributed by atoms with van der Waals surface area (Å²) >= 11 is 5.59. The van der Waals surface area contributed by atoms with E-state index in [0.717, 1.165) is 23.0 Å². The van der Waals surface area contributed by atoms with Gasteiger partial charge in [-0.15, -0.1) is 0 Å². The van der Waals surface area contributed by atoms with E-state index in [4.69, 9.17) is 17.0 Å². The Labute approximate surface area is 130 Å².